The number of rotatable bonds is 5. The lowest BCUT2D eigenvalue weighted by atomic mass is 9.95. The summed E-state index contributed by atoms with van der Waals surface area (Å²) >= 11 is 6.08. The molecule has 1 unspecified atom stereocenters. The first-order valence-corrected chi connectivity index (χ1v) is 6.98. The van der Waals surface area contributed by atoms with E-state index in [0.29, 0.717) is 17.0 Å². The molecule has 0 saturated carbocycles. The van der Waals surface area contributed by atoms with Crippen molar-refractivity contribution in [3.63, 3.8) is 0 Å². The summed E-state index contributed by atoms with van der Waals surface area (Å²) in [6, 6.07) is 10.1. The number of aryl methyl sites for hydroxylation is 1. The zero-order chi connectivity index (χ0) is 15.4. The van der Waals surface area contributed by atoms with Crippen LogP contribution in [0.3, 0.4) is 0 Å². The first-order valence-electron chi connectivity index (χ1n) is 6.60. The lowest BCUT2D eigenvalue weighted by Gasteiger charge is -2.20. The van der Waals surface area contributed by atoms with E-state index in [1.807, 2.05) is 25.1 Å². The van der Waals surface area contributed by atoms with Gasteiger partial charge in [-0.1, -0.05) is 23.7 Å². The number of methoxy groups -OCH3 is 1. The van der Waals surface area contributed by atoms with Crippen molar-refractivity contribution in [3.8, 4) is 5.75 Å². The zero-order valence-electron chi connectivity index (χ0n) is 12.0. The minimum atomic E-state index is -0.325. The molecule has 0 aromatic heterocycles. The van der Waals surface area contributed by atoms with Crippen LogP contribution in [0.5, 0.6) is 5.75 Å². The van der Waals surface area contributed by atoms with E-state index in [4.69, 9.17) is 22.2 Å². The van der Waals surface area contributed by atoms with E-state index in [1.165, 1.54) is 6.07 Å². The average molecular weight is 309 g/mol. The molecule has 0 aliphatic carbocycles. The van der Waals surface area contributed by atoms with E-state index < -0.39 is 0 Å². The lowest BCUT2D eigenvalue weighted by molar-refractivity contribution is 0.413. The summed E-state index contributed by atoms with van der Waals surface area (Å²) in [5.41, 5.74) is 5.19. The van der Waals surface area contributed by atoms with Crippen molar-refractivity contribution >= 4 is 11.6 Å². The summed E-state index contributed by atoms with van der Waals surface area (Å²) in [5, 5.41) is 0.404. The molecule has 3 N–H and O–H groups in total. The Kier molecular flexibility index (Phi) is 5.17. The van der Waals surface area contributed by atoms with Gasteiger partial charge in [0, 0.05) is 10.6 Å². The Morgan fingerprint density at radius 2 is 2.10 bits per heavy atom. The van der Waals surface area contributed by atoms with Gasteiger partial charge in [0.25, 0.3) is 0 Å². The molecule has 0 spiro atoms. The number of nitrogens with one attached hydrogen (secondary N) is 1. The normalized spacial score (nSPS) is 12.2. The molecular weight excluding hydrogens is 291 g/mol. The Hall–Kier alpha value is -1.62. The number of halogens is 2. The van der Waals surface area contributed by atoms with Crippen LogP contribution in [-0.4, -0.2) is 7.11 Å². The van der Waals surface area contributed by atoms with Gasteiger partial charge in [0.2, 0.25) is 0 Å². The van der Waals surface area contributed by atoms with Crippen LogP contribution < -0.4 is 16.0 Å². The lowest BCUT2D eigenvalue weighted by Crippen LogP contribution is -2.30. The largest absolute Gasteiger partial charge is 0.497 e. The topological polar surface area (TPSA) is 47.3 Å². The third-order valence-corrected chi connectivity index (χ3v) is 3.88. The molecule has 0 aliphatic heterocycles. The molecule has 21 heavy (non-hydrogen) atoms. The van der Waals surface area contributed by atoms with Gasteiger partial charge in [0.05, 0.1) is 13.2 Å². The number of nitrogens with two attached hydrogens (primary N) is 1. The van der Waals surface area contributed by atoms with E-state index in [2.05, 4.69) is 5.43 Å². The van der Waals surface area contributed by atoms with Crippen LogP contribution in [0.2, 0.25) is 5.02 Å². The van der Waals surface area contributed by atoms with Crippen LogP contribution in [0.4, 0.5) is 4.39 Å². The Morgan fingerprint density at radius 3 is 2.67 bits per heavy atom. The van der Waals surface area contributed by atoms with Gasteiger partial charge in [-0.3, -0.25) is 11.3 Å². The van der Waals surface area contributed by atoms with Gasteiger partial charge >= 0.3 is 0 Å². The van der Waals surface area contributed by atoms with Gasteiger partial charge in [-0.15, -0.1) is 0 Å². The Balaban J connectivity index is 2.32. The third kappa shape index (κ3) is 3.53. The maximum atomic E-state index is 13.9. The van der Waals surface area contributed by atoms with Crippen molar-refractivity contribution in [2.24, 2.45) is 5.84 Å². The maximum absolute atomic E-state index is 13.9. The number of ether oxygens (including phenoxy) is 1. The highest BCUT2D eigenvalue weighted by Crippen LogP contribution is 2.28. The molecule has 3 nitrogen and oxygen atoms in total. The van der Waals surface area contributed by atoms with Gasteiger partial charge < -0.3 is 4.74 Å². The van der Waals surface area contributed by atoms with Crippen LogP contribution in [0.15, 0.2) is 36.4 Å². The molecule has 0 aliphatic rings. The summed E-state index contributed by atoms with van der Waals surface area (Å²) < 4.78 is 19.1. The smallest absolute Gasteiger partial charge is 0.127 e. The first-order chi connectivity index (χ1) is 10.1. The van der Waals surface area contributed by atoms with Gasteiger partial charge in [0.15, 0.2) is 0 Å². The van der Waals surface area contributed by atoms with E-state index in [0.717, 1.165) is 16.9 Å². The molecule has 0 radical (unpaired) electrons. The maximum Gasteiger partial charge on any atom is 0.127 e. The molecule has 112 valence electrons. The third-order valence-electron chi connectivity index (χ3n) is 3.52. The number of hydrogen-bond donors (Lipinski definition) is 2. The molecule has 0 amide bonds. The SMILES string of the molecule is COc1ccc(C(Cc2c(F)cccc2Cl)NN)c(C)c1. The molecule has 5 heteroatoms. The standard InChI is InChI=1S/C16H18ClFN2O/c1-10-8-11(21-2)6-7-12(10)16(20-19)9-13-14(17)4-3-5-15(13)18/h3-8,16,20H,9,19H2,1-2H3. The second-order valence-electron chi connectivity index (χ2n) is 4.85. The quantitative estimate of drug-likeness (QED) is 0.656. The molecule has 0 bridgehead atoms. The predicted molar refractivity (Wildman–Crippen MR) is 82.9 cm³/mol. The van der Waals surface area contributed by atoms with Crippen LogP contribution in [0.1, 0.15) is 22.7 Å². The minimum absolute atomic E-state index is 0.231. The highest BCUT2D eigenvalue weighted by Gasteiger charge is 2.17. The molecular formula is C16H18ClFN2O. The number of hydrazine groups is 1. The van der Waals surface area contributed by atoms with Gasteiger partial charge in [-0.05, 0) is 48.7 Å². The minimum Gasteiger partial charge on any atom is -0.497 e. The summed E-state index contributed by atoms with van der Waals surface area (Å²) in [7, 11) is 1.62. The van der Waals surface area contributed by atoms with E-state index in [-0.39, 0.29) is 11.9 Å². The van der Waals surface area contributed by atoms with E-state index in [9.17, 15) is 4.39 Å². The molecule has 0 fully saturated rings. The average Bonchev–Trinajstić information content (AvgIpc) is 2.47. The molecule has 2 aromatic carbocycles. The fourth-order valence-corrected chi connectivity index (χ4v) is 2.60. The van der Waals surface area contributed by atoms with Gasteiger partial charge in [-0.25, -0.2) is 4.39 Å². The number of hydrogen-bond acceptors (Lipinski definition) is 3. The van der Waals surface area contributed by atoms with Crippen LogP contribution in [0, 0.1) is 12.7 Å². The second-order valence-corrected chi connectivity index (χ2v) is 5.25. The molecule has 0 saturated heterocycles. The van der Waals surface area contributed by atoms with Crippen LogP contribution in [-0.2, 0) is 6.42 Å². The Labute approximate surface area is 128 Å². The van der Waals surface area contributed by atoms with Crippen molar-refractivity contribution in [2.45, 2.75) is 19.4 Å². The molecule has 0 heterocycles. The number of benzene rings is 2. The van der Waals surface area contributed by atoms with Crippen LogP contribution >= 0.6 is 11.6 Å². The van der Waals surface area contributed by atoms with E-state index >= 15 is 0 Å². The second kappa shape index (κ2) is 6.89. The van der Waals surface area contributed by atoms with E-state index in [1.54, 1.807) is 19.2 Å². The monoisotopic (exact) mass is 308 g/mol. The predicted octanol–water partition coefficient (Wildman–Crippen LogP) is 3.54. The molecule has 1 atom stereocenters. The fourth-order valence-electron chi connectivity index (χ4n) is 2.36. The Bertz CT molecular complexity index is 613. The highest BCUT2D eigenvalue weighted by atomic mass is 35.5. The molecule has 2 rings (SSSR count). The van der Waals surface area contributed by atoms with Crippen LogP contribution in [0.25, 0.3) is 0 Å². The summed E-state index contributed by atoms with van der Waals surface area (Å²) in [5.74, 6) is 6.09. The van der Waals surface area contributed by atoms with Crippen molar-refractivity contribution in [2.75, 3.05) is 7.11 Å². The van der Waals surface area contributed by atoms with Crippen molar-refractivity contribution in [3.05, 3.63) is 63.9 Å². The summed E-state index contributed by atoms with van der Waals surface area (Å²) in [6.07, 6.45) is 0.370. The Morgan fingerprint density at radius 1 is 1.33 bits per heavy atom. The van der Waals surface area contributed by atoms with Gasteiger partial charge in [0.1, 0.15) is 11.6 Å². The van der Waals surface area contributed by atoms with Crippen molar-refractivity contribution in [1.29, 1.82) is 0 Å². The van der Waals surface area contributed by atoms with Crippen molar-refractivity contribution in [1.82, 2.24) is 5.43 Å². The highest BCUT2D eigenvalue weighted by molar-refractivity contribution is 6.31. The first kappa shape index (κ1) is 15.8. The fraction of sp³-hybridized carbons (Fsp3) is 0.250. The van der Waals surface area contributed by atoms with Gasteiger partial charge in [-0.2, -0.15) is 0 Å². The summed E-state index contributed by atoms with van der Waals surface area (Å²) in [6.45, 7) is 1.96. The summed E-state index contributed by atoms with van der Waals surface area (Å²) in [4.78, 5) is 0. The zero-order valence-corrected chi connectivity index (χ0v) is 12.7. The molecule has 2 aromatic rings. The van der Waals surface area contributed by atoms with Crippen molar-refractivity contribution < 1.29 is 9.13 Å².